The Bertz CT molecular complexity index is 993. The number of nitrogens with two attached hydrogens (primary N) is 1. The number of aliphatic imine (C=N–C) groups is 1. The molecule has 3 rings (SSSR count). The maximum atomic E-state index is 13.1. The molecule has 1 aliphatic heterocycles. The highest BCUT2D eigenvalue weighted by Crippen LogP contribution is 2.37. The van der Waals surface area contributed by atoms with E-state index in [9.17, 15) is 22.8 Å². The lowest BCUT2D eigenvalue weighted by molar-refractivity contribution is -0.141. The van der Waals surface area contributed by atoms with Gasteiger partial charge in [0.05, 0.1) is 5.04 Å². The van der Waals surface area contributed by atoms with Crippen molar-refractivity contribution in [1.82, 2.24) is 20.7 Å². The molecule has 0 aliphatic carbocycles. The summed E-state index contributed by atoms with van der Waals surface area (Å²) in [6.07, 6.45) is -3.10. The molecule has 0 radical (unpaired) electrons. The van der Waals surface area contributed by atoms with Crippen LogP contribution in [0.15, 0.2) is 22.6 Å². The first-order chi connectivity index (χ1) is 14.2. The van der Waals surface area contributed by atoms with Gasteiger partial charge in [-0.2, -0.15) is 13.2 Å². The lowest BCUT2D eigenvalue weighted by atomic mass is 10.1. The number of hydrogen-bond donors (Lipinski definition) is 4. The van der Waals surface area contributed by atoms with Crippen LogP contribution in [0.5, 0.6) is 0 Å². The fourth-order valence-corrected chi connectivity index (χ4v) is 4.39. The number of nitrogens with zero attached hydrogens (tertiary/aromatic N) is 3. The Hall–Kier alpha value is -2.71. The fraction of sp³-hybridized carbons (Fsp3) is 0.312. The van der Waals surface area contributed by atoms with Crippen LogP contribution < -0.4 is 21.9 Å². The van der Waals surface area contributed by atoms with Crippen molar-refractivity contribution in [3.05, 3.63) is 28.9 Å². The molecule has 5 N–H and O–H groups in total. The van der Waals surface area contributed by atoms with Crippen LogP contribution in [-0.2, 0) is 0 Å². The number of amides is 3. The molecule has 1 aliphatic rings. The molecule has 0 saturated heterocycles. The van der Waals surface area contributed by atoms with Gasteiger partial charge in [0.2, 0.25) is 0 Å². The Morgan fingerprint density at radius 1 is 1.33 bits per heavy atom. The first kappa shape index (κ1) is 22.0. The molecule has 160 valence electrons. The van der Waals surface area contributed by atoms with Crippen LogP contribution in [0.25, 0.3) is 10.6 Å². The smallest absolute Gasteiger partial charge is 0.338 e. The number of rotatable bonds is 5. The molecular weight excluding hydrogens is 443 g/mol. The van der Waals surface area contributed by atoms with Crippen molar-refractivity contribution in [1.29, 1.82) is 0 Å². The largest absolute Gasteiger partial charge is 0.411 e. The molecule has 1 atom stereocenters. The van der Waals surface area contributed by atoms with Crippen molar-refractivity contribution in [3.63, 3.8) is 0 Å². The Morgan fingerprint density at radius 2 is 2.10 bits per heavy atom. The van der Waals surface area contributed by atoms with Gasteiger partial charge in [0.25, 0.3) is 5.91 Å². The minimum atomic E-state index is -4.46. The van der Waals surface area contributed by atoms with E-state index in [1.54, 1.807) is 6.92 Å². The van der Waals surface area contributed by atoms with Crippen molar-refractivity contribution < 1.29 is 22.8 Å². The van der Waals surface area contributed by atoms with Crippen LogP contribution >= 0.6 is 23.1 Å². The van der Waals surface area contributed by atoms with Crippen molar-refractivity contribution in [2.75, 3.05) is 17.6 Å². The molecular formula is C16H16F3N7O2S2. The number of hydrazine groups is 1. The molecule has 9 nitrogen and oxygen atoms in total. The number of aromatic nitrogens is 2. The highest BCUT2D eigenvalue weighted by molar-refractivity contribution is 8.14. The summed E-state index contributed by atoms with van der Waals surface area (Å²) in [6.45, 7) is 2.12. The van der Waals surface area contributed by atoms with E-state index in [0.29, 0.717) is 22.7 Å². The van der Waals surface area contributed by atoms with Gasteiger partial charge in [-0.25, -0.2) is 20.6 Å². The number of thiazole rings is 1. The highest BCUT2D eigenvalue weighted by atomic mass is 32.2. The number of pyridine rings is 1. The van der Waals surface area contributed by atoms with Crippen LogP contribution in [0.4, 0.5) is 23.8 Å². The molecule has 30 heavy (non-hydrogen) atoms. The predicted octanol–water partition coefficient (Wildman–Crippen LogP) is 2.37. The van der Waals surface area contributed by atoms with Crippen molar-refractivity contribution in [2.45, 2.75) is 19.1 Å². The predicted molar refractivity (Wildman–Crippen MR) is 109 cm³/mol. The van der Waals surface area contributed by atoms with Gasteiger partial charge in [-0.3, -0.25) is 20.5 Å². The topological polar surface area (TPSA) is 134 Å². The molecule has 2 aromatic rings. The maximum Gasteiger partial charge on any atom is 0.411 e. The zero-order valence-electron chi connectivity index (χ0n) is 15.4. The second-order valence-electron chi connectivity index (χ2n) is 5.91. The van der Waals surface area contributed by atoms with Gasteiger partial charge in [-0.15, -0.1) is 23.1 Å². The van der Waals surface area contributed by atoms with Crippen molar-refractivity contribution >= 4 is 45.9 Å². The fourth-order valence-electron chi connectivity index (χ4n) is 2.46. The Morgan fingerprint density at radius 3 is 2.73 bits per heavy atom. The third kappa shape index (κ3) is 4.88. The van der Waals surface area contributed by atoms with Gasteiger partial charge in [-0.1, -0.05) is 0 Å². The number of carbonyl (C=O) groups excluding carboxylic acids is 2. The SMILES string of the molecule is CCNC(=O)Nc1cc(C2=NC(C(F)(F)F)CS2)c(-c2nc(C(=O)NN)cs2)cn1. The number of urea groups is 1. The van der Waals surface area contributed by atoms with Crippen LogP contribution in [-0.4, -0.2) is 51.5 Å². The number of hydrogen-bond acceptors (Lipinski definition) is 8. The average molecular weight is 459 g/mol. The summed E-state index contributed by atoms with van der Waals surface area (Å²) < 4.78 is 39.2. The van der Waals surface area contributed by atoms with Gasteiger partial charge < -0.3 is 5.32 Å². The van der Waals surface area contributed by atoms with Gasteiger partial charge in [0, 0.05) is 35.0 Å². The number of anilines is 1. The van der Waals surface area contributed by atoms with E-state index in [0.717, 1.165) is 23.1 Å². The second kappa shape index (κ2) is 8.97. The lowest BCUT2D eigenvalue weighted by Crippen LogP contribution is -2.30. The lowest BCUT2D eigenvalue weighted by Gasteiger charge is -2.11. The van der Waals surface area contributed by atoms with Crippen LogP contribution in [0, 0.1) is 0 Å². The zero-order valence-corrected chi connectivity index (χ0v) is 17.0. The standard InChI is InChI=1S/C16H16F3N7O2S2/c1-2-21-15(28)25-11-3-7(13-24-10(6-30-13)16(17,18)19)8(4-22-11)14-23-9(5-29-14)12(27)26-20/h3-5,10H,2,6,20H2,1H3,(H,26,27)(H2,21,22,25,28). The molecule has 0 bridgehead atoms. The number of alkyl halides is 3. The summed E-state index contributed by atoms with van der Waals surface area (Å²) in [7, 11) is 0. The monoisotopic (exact) mass is 459 g/mol. The maximum absolute atomic E-state index is 13.1. The summed E-state index contributed by atoms with van der Waals surface area (Å²) in [6, 6.07) is -0.901. The van der Waals surface area contributed by atoms with E-state index in [1.807, 2.05) is 5.43 Å². The van der Waals surface area contributed by atoms with Crippen molar-refractivity contribution in [3.8, 4) is 10.6 Å². The van der Waals surface area contributed by atoms with E-state index in [1.165, 1.54) is 17.6 Å². The van der Waals surface area contributed by atoms with Gasteiger partial charge >= 0.3 is 12.2 Å². The van der Waals surface area contributed by atoms with E-state index in [2.05, 4.69) is 25.6 Å². The third-order valence-corrected chi connectivity index (χ3v) is 5.80. The first-order valence-electron chi connectivity index (χ1n) is 8.52. The highest BCUT2D eigenvalue weighted by Gasteiger charge is 2.43. The third-order valence-electron chi connectivity index (χ3n) is 3.84. The number of nitrogens with one attached hydrogen (secondary N) is 3. The van der Waals surface area contributed by atoms with Gasteiger partial charge in [0.1, 0.15) is 16.5 Å². The molecule has 2 aromatic heterocycles. The van der Waals surface area contributed by atoms with Crippen LogP contribution in [0.3, 0.4) is 0 Å². The minimum Gasteiger partial charge on any atom is -0.338 e. The summed E-state index contributed by atoms with van der Waals surface area (Å²) in [4.78, 5) is 35.6. The summed E-state index contributed by atoms with van der Waals surface area (Å²) >= 11 is 2.05. The molecule has 0 spiro atoms. The number of carbonyl (C=O) groups is 2. The Balaban J connectivity index is 2.03. The van der Waals surface area contributed by atoms with Crippen LogP contribution in [0.2, 0.25) is 0 Å². The van der Waals surface area contributed by atoms with E-state index >= 15 is 0 Å². The number of halogens is 3. The molecule has 0 fully saturated rings. The summed E-state index contributed by atoms with van der Waals surface area (Å²) in [5.74, 6) is 4.38. The van der Waals surface area contributed by atoms with Gasteiger partial charge in [0.15, 0.2) is 6.04 Å². The van der Waals surface area contributed by atoms with E-state index < -0.39 is 24.2 Å². The average Bonchev–Trinajstić information content (AvgIpc) is 3.37. The van der Waals surface area contributed by atoms with E-state index in [-0.39, 0.29) is 22.3 Å². The molecule has 0 aromatic carbocycles. The van der Waals surface area contributed by atoms with E-state index in [4.69, 9.17) is 5.84 Å². The first-order valence-corrected chi connectivity index (χ1v) is 10.4. The minimum absolute atomic E-state index is 0.0576. The van der Waals surface area contributed by atoms with Gasteiger partial charge in [-0.05, 0) is 13.0 Å². The molecule has 0 saturated carbocycles. The molecule has 14 heteroatoms. The normalized spacial score (nSPS) is 16.2. The van der Waals surface area contributed by atoms with Crippen LogP contribution in [0.1, 0.15) is 23.0 Å². The summed E-state index contributed by atoms with van der Waals surface area (Å²) in [5.41, 5.74) is 2.72. The zero-order chi connectivity index (χ0) is 21.9. The van der Waals surface area contributed by atoms with Crippen molar-refractivity contribution in [2.24, 2.45) is 10.8 Å². The molecule has 3 heterocycles. The Labute approximate surface area is 176 Å². The number of nitrogen functional groups attached to an aromatic ring is 1. The Kier molecular flexibility index (Phi) is 6.58. The summed E-state index contributed by atoms with van der Waals surface area (Å²) in [5, 5.41) is 7.01. The second-order valence-corrected chi connectivity index (χ2v) is 7.78. The number of thioether (sulfide) groups is 1. The molecule has 1 unspecified atom stereocenters. The molecule has 3 amide bonds. The quantitative estimate of drug-likeness (QED) is 0.308.